The Bertz CT molecular complexity index is 429. The number of rotatable bonds is 5. The van der Waals surface area contributed by atoms with Crippen LogP contribution in [0.2, 0.25) is 19.6 Å². The summed E-state index contributed by atoms with van der Waals surface area (Å²) in [6.07, 6.45) is 7.31. The van der Waals surface area contributed by atoms with E-state index >= 15 is 0 Å². The highest BCUT2D eigenvalue weighted by atomic mass is 28.4. The minimum absolute atomic E-state index is 0.168. The summed E-state index contributed by atoms with van der Waals surface area (Å²) in [5, 5.41) is 20.1. The van der Waals surface area contributed by atoms with Gasteiger partial charge in [-0.2, -0.15) is 0 Å². The lowest BCUT2D eigenvalue weighted by molar-refractivity contribution is -0.114. The topological polar surface area (TPSA) is 49.7 Å². The first-order valence-electron chi connectivity index (χ1n) is 8.77. The van der Waals surface area contributed by atoms with Crippen molar-refractivity contribution in [1.29, 1.82) is 0 Å². The number of fused-ring (bicyclic) bond motifs is 1. The lowest BCUT2D eigenvalue weighted by atomic mass is 9.66. The molecular formula is C18H34O3Si. The van der Waals surface area contributed by atoms with E-state index in [9.17, 15) is 10.2 Å². The Hall–Kier alpha value is -0.163. The van der Waals surface area contributed by atoms with E-state index in [2.05, 4.69) is 39.6 Å². The van der Waals surface area contributed by atoms with Crippen LogP contribution in [0.3, 0.4) is 0 Å². The van der Waals surface area contributed by atoms with Crippen molar-refractivity contribution in [1.82, 2.24) is 0 Å². The van der Waals surface area contributed by atoms with Crippen LogP contribution in [0.5, 0.6) is 0 Å². The molecule has 0 bridgehead atoms. The largest absolute Gasteiger partial charge is 0.411 e. The van der Waals surface area contributed by atoms with Gasteiger partial charge in [0.05, 0.1) is 12.2 Å². The average Bonchev–Trinajstić information content (AvgIpc) is 2.68. The fourth-order valence-corrected chi connectivity index (χ4v) is 6.34. The second kappa shape index (κ2) is 6.38. The molecule has 2 N–H and O–H groups in total. The molecular weight excluding hydrogens is 292 g/mol. The molecule has 0 aliphatic heterocycles. The molecule has 1 fully saturated rings. The number of aliphatic hydroxyl groups excluding tert-OH is 2. The molecule has 0 amide bonds. The van der Waals surface area contributed by atoms with E-state index in [0.29, 0.717) is 5.92 Å². The van der Waals surface area contributed by atoms with Gasteiger partial charge in [0.1, 0.15) is 0 Å². The second-order valence-electron chi connectivity index (χ2n) is 8.60. The highest BCUT2D eigenvalue weighted by molar-refractivity contribution is 6.69. The van der Waals surface area contributed by atoms with E-state index in [1.54, 1.807) is 0 Å². The van der Waals surface area contributed by atoms with Gasteiger partial charge in [0.2, 0.25) is 0 Å². The summed E-state index contributed by atoms with van der Waals surface area (Å²) in [6.45, 7) is 11.5. The first kappa shape index (κ1) is 18.2. The molecule has 3 nitrogen and oxygen atoms in total. The number of hydrogen-bond acceptors (Lipinski definition) is 3. The molecule has 4 heteroatoms. The summed E-state index contributed by atoms with van der Waals surface area (Å²) < 4.78 is 6.88. The molecule has 1 saturated carbocycles. The standard InChI is InChI=1S/C18H34O3Si/c1-14-6-9-17(13-20)10-8-16(15(2)12-19)18(17,11-7-14)21-22(3,4)5/h6,15-16,19-20H,7-13H2,1-5H3/t15-,16+,17-,18+/m0/s1. The van der Waals surface area contributed by atoms with Crippen LogP contribution in [-0.4, -0.2) is 37.3 Å². The zero-order chi connectivity index (χ0) is 16.6. The Labute approximate surface area is 136 Å². The third-order valence-corrected chi connectivity index (χ3v) is 6.91. The van der Waals surface area contributed by atoms with Gasteiger partial charge in [-0.15, -0.1) is 0 Å². The van der Waals surface area contributed by atoms with Gasteiger partial charge >= 0.3 is 0 Å². The number of allylic oxidation sites excluding steroid dienone is 2. The van der Waals surface area contributed by atoms with Crippen LogP contribution >= 0.6 is 0 Å². The van der Waals surface area contributed by atoms with E-state index in [-0.39, 0.29) is 30.1 Å². The molecule has 2 rings (SSSR count). The summed E-state index contributed by atoms with van der Waals surface area (Å²) in [4.78, 5) is 0. The van der Waals surface area contributed by atoms with E-state index in [1.807, 2.05) is 0 Å². The van der Waals surface area contributed by atoms with Gasteiger partial charge in [0.15, 0.2) is 8.32 Å². The molecule has 0 saturated heterocycles. The maximum atomic E-state index is 10.3. The fourth-order valence-electron chi connectivity index (χ4n) is 4.78. The van der Waals surface area contributed by atoms with E-state index in [1.165, 1.54) is 5.57 Å². The molecule has 0 unspecified atom stereocenters. The summed E-state index contributed by atoms with van der Waals surface area (Å²) in [5.41, 5.74) is 0.970. The summed E-state index contributed by atoms with van der Waals surface area (Å²) in [7, 11) is -1.76. The summed E-state index contributed by atoms with van der Waals surface area (Å²) in [5.74, 6) is 0.568. The maximum absolute atomic E-state index is 10.3. The third kappa shape index (κ3) is 3.08. The monoisotopic (exact) mass is 326 g/mol. The van der Waals surface area contributed by atoms with Crippen molar-refractivity contribution in [2.75, 3.05) is 13.2 Å². The van der Waals surface area contributed by atoms with Crippen LogP contribution in [0.15, 0.2) is 11.6 Å². The van der Waals surface area contributed by atoms with Crippen molar-refractivity contribution >= 4 is 8.32 Å². The molecule has 0 spiro atoms. The molecule has 4 atom stereocenters. The molecule has 128 valence electrons. The minimum Gasteiger partial charge on any atom is -0.411 e. The van der Waals surface area contributed by atoms with Crippen LogP contribution in [0, 0.1) is 17.3 Å². The smallest absolute Gasteiger partial charge is 0.184 e. The molecule has 0 aromatic heterocycles. The molecule has 0 radical (unpaired) electrons. The first-order chi connectivity index (χ1) is 10.2. The maximum Gasteiger partial charge on any atom is 0.184 e. The third-order valence-electron chi connectivity index (χ3n) is 5.93. The van der Waals surface area contributed by atoms with Crippen LogP contribution in [0.25, 0.3) is 0 Å². The quantitative estimate of drug-likeness (QED) is 0.598. The van der Waals surface area contributed by atoms with E-state index in [4.69, 9.17) is 4.43 Å². The molecule has 0 aromatic rings. The van der Waals surface area contributed by atoms with Crippen molar-refractivity contribution < 1.29 is 14.6 Å². The SMILES string of the molecule is CC1=CC[C@@]2(CO)CC[C@H]([C@@H](C)CO)[C@]2(O[Si](C)(C)C)CC1. The second-order valence-corrected chi connectivity index (χ2v) is 13.0. The van der Waals surface area contributed by atoms with Gasteiger partial charge in [-0.1, -0.05) is 18.6 Å². The Morgan fingerprint density at radius 3 is 2.55 bits per heavy atom. The van der Waals surface area contributed by atoms with Gasteiger partial charge in [0.25, 0.3) is 0 Å². The summed E-state index contributed by atoms with van der Waals surface area (Å²) in [6, 6.07) is 0. The van der Waals surface area contributed by atoms with Gasteiger partial charge in [-0.25, -0.2) is 0 Å². The van der Waals surface area contributed by atoms with Gasteiger partial charge in [0, 0.05) is 12.0 Å². The minimum atomic E-state index is -1.76. The first-order valence-corrected chi connectivity index (χ1v) is 12.2. The van der Waals surface area contributed by atoms with Crippen molar-refractivity contribution in [3.05, 3.63) is 11.6 Å². The predicted octanol–water partition coefficient (Wildman–Crippen LogP) is 3.72. The molecule has 0 aromatic carbocycles. The van der Waals surface area contributed by atoms with Crippen LogP contribution in [-0.2, 0) is 4.43 Å². The van der Waals surface area contributed by atoms with Crippen LogP contribution in [0.1, 0.15) is 46.0 Å². The zero-order valence-electron chi connectivity index (χ0n) is 15.0. The van der Waals surface area contributed by atoms with Crippen LogP contribution < -0.4 is 0 Å². The fraction of sp³-hybridized carbons (Fsp3) is 0.889. The van der Waals surface area contributed by atoms with Crippen molar-refractivity contribution in [3.8, 4) is 0 Å². The highest BCUT2D eigenvalue weighted by Crippen LogP contribution is 2.60. The molecule has 0 heterocycles. The lowest BCUT2D eigenvalue weighted by Gasteiger charge is -2.51. The Morgan fingerprint density at radius 2 is 2.00 bits per heavy atom. The zero-order valence-corrected chi connectivity index (χ0v) is 16.0. The molecule has 2 aliphatic carbocycles. The Morgan fingerprint density at radius 1 is 1.32 bits per heavy atom. The van der Waals surface area contributed by atoms with Crippen molar-refractivity contribution in [2.24, 2.45) is 17.3 Å². The average molecular weight is 327 g/mol. The Balaban J connectivity index is 2.50. The van der Waals surface area contributed by atoms with E-state index in [0.717, 1.165) is 32.1 Å². The Kier molecular flexibility index (Phi) is 5.28. The van der Waals surface area contributed by atoms with Crippen molar-refractivity contribution in [3.63, 3.8) is 0 Å². The van der Waals surface area contributed by atoms with E-state index < -0.39 is 8.32 Å². The molecule has 2 aliphatic rings. The van der Waals surface area contributed by atoms with Gasteiger partial charge < -0.3 is 14.6 Å². The molecule has 22 heavy (non-hydrogen) atoms. The van der Waals surface area contributed by atoms with Gasteiger partial charge in [-0.3, -0.25) is 0 Å². The highest BCUT2D eigenvalue weighted by Gasteiger charge is 2.62. The normalized spacial score (nSPS) is 37.4. The number of aliphatic hydroxyl groups is 2. The van der Waals surface area contributed by atoms with Crippen molar-refractivity contribution in [2.45, 2.75) is 71.2 Å². The summed E-state index contributed by atoms with van der Waals surface area (Å²) >= 11 is 0. The number of hydrogen-bond donors (Lipinski definition) is 2. The lowest BCUT2D eigenvalue weighted by Crippen LogP contribution is -2.57. The van der Waals surface area contributed by atoms with Crippen LogP contribution in [0.4, 0.5) is 0 Å². The predicted molar refractivity (Wildman–Crippen MR) is 93.3 cm³/mol. The van der Waals surface area contributed by atoms with Gasteiger partial charge in [-0.05, 0) is 70.5 Å².